The van der Waals surface area contributed by atoms with E-state index >= 15 is 0 Å². The van der Waals surface area contributed by atoms with Gasteiger partial charge in [0.2, 0.25) is 0 Å². The second-order valence-corrected chi connectivity index (χ2v) is 3.56. The van der Waals surface area contributed by atoms with Crippen molar-refractivity contribution in [2.45, 2.75) is 19.9 Å². The van der Waals surface area contributed by atoms with E-state index < -0.39 is 0 Å². The molecule has 2 rings (SSSR count). The summed E-state index contributed by atoms with van der Waals surface area (Å²) in [6, 6.07) is 4.17. The summed E-state index contributed by atoms with van der Waals surface area (Å²) >= 11 is 5.93. The van der Waals surface area contributed by atoms with E-state index in [1.165, 1.54) is 0 Å². The standard InChI is InChI=1S/C9H10ClN3/c1-6(2)13-7-4-3-5-11-8(7)9(10)12-13/h3-6H,1-2H3. The van der Waals surface area contributed by atoms with Gasteiger partial charge in [0.1, 0.15) is 5.52 Å². The van der Waals surface area contributed by atoms with E-state index in [0.29, 0.717) is 11.2 Å². The Morgan fingerprint density at radius 2 is 2.23 bits per heavy atom. The molecule has 2 heterocycles. The van der Waals surface area contributed by atoms with Crippen LogP contribution in [0.15, 0.2) is 18.3 Å². The maximum absolute atomic E-state index is 5.93. The first-order valence-electron chi connectivity index (χ1n) is 4.19. The van der Waals surface area contributed by atoms with Crippen molar-refractivity contribution < 1.29 is 0 Å². The Morgan fingerprint density at radius 1 is 1.46 bits per heavy atom. The number of nitrogens with zero attached hydrogens (tertiary/aromatic N) is 3. The molecule has 0 unspecified atom stereocenters. The SMILES string of the molecule is CC(C)n1nc(Cl)c2ncccc21. The van der Waals surface area contributed by atoms with Crippen molar-refractivity contribution in [1.82, 2.24) is 14.8 Å². The highest BCUT2D eigenvalue weighted by Crippen LogP contribution is 2.22. The van der Waals surface area contributed by atoms with Crippen molar-refractivity contribution in [3.63, 3.8) is 0 Å². The molecule has 4 heteroatoms. The Balaban J connectivity index is 2.78. The minimum Gasteiger partial charge on any atom is -0.259 e. The van der Waals surface area contributed by atoms with Crippen LogP contribution in [0.4, 0.5) is 0 Å². The molecule has 2 aromatic heterocycles. The smallest absolute Gasteiger partial charge is 0.177 e. The Kier molecular flexibility index (Phi) is 1.96. The van der Waals surface area contributed by atoms with E-state index in [2.05, 4.69) is 23.9 Å². The van der Waals surface area contributed by atoms with Gasteiger partial charge in [-0.1, -0.05) is 11.6 Å². The van der Waals surface area contributed by atoms with Crippen LogP contribution in [0, 0.1) is 0 Å². The van der Waals surface area contributed by atoms with Gasteiger partial charge in [-0.2, -0.15) is 5.10 Å². The van der Waals surface area contributed by atoms with Gasteiger partial charge in [-0.3, -0.25) is 9.67 Å². The molecule has 0 fully saturated rings. The first-order chi connectivity index (χ1) is 6.20. The summed E-state index contributed by atoms with van der Waals surface area (Å²) < 4.78 is 1.88. The highest BCUT2D eigenvalue weighted by Gasteiger charge is 2.10. The van der Waals surface area contributed by atoms with Crippen LogP contribution in [-0.2, 0) is 0 Å². The molecule has 0 aliphatic rings. The first kappa shape index (κ1) is 8.51. The topological polar surface area (TPSA) is 30.7 Å². The Labute approximate surface area is 81.3 Å². The molecular formula is C9H10ClN3. The van der Waals surface area contributed by atoms with Crippen molar-refractivity contribution in [2.24, 2.45) is 0 Å². The third kappa shape index (κ3) is 1.29. The highest BCUT2D eigenvalue weighted by atomic mass is 35.5. The summed E-state index contributed by atoms with van der Waals surface area (Å²) in [5.41, 5.74) is 1.76. The molecule has 0 bridgehead atoms. The van der Waals surface area contributed by atoms with Crippen molar-refractivity contribution in [3.8, 4) is 0 Å². The molecular weight excluding hydrogens is 186 g/mol. The predicted molar refractivity (Wildman–Crippen MR) is 52.9 cm³/mol. The van der Waals surface area contributed by atoms with Gasteiger partial charge < -0.3 is 0 Å². The van der Waals surface area contributed by atoms with E-state index in [0.717, 1.165) is 11.0 Å². The van der Waals surface area contributed by atoms with Gasteiger partial charge >= 0.3 is 0 Å². The molecule has 68 valence electrons. The lowest BCUT2D eigenvalue weighted by Crippen LogP contribution is -2.01. The fourth-order valence-electron chi connectivity index (χ4n) is 1.33. The second kappa shape index (κ2) is 3.00. The molecule has 0 amide bonds. The zero-order valence-corrected chi connectivity index (χ0v) is 8.28. The van der Waals surface area contributed by atoms with Gasteiger partial charge in [0.15, 0.2) is 5.15 Å². The lowest BCUT2D eigenvalue weighted by molar-refractivity contribution is 0.551. The van der Waals surface area contributed by atoms with Crippen LogP contribution in [0.3, 0.4) is 0 Å². The van der Waals surface area contributed by atoms with Crippen LogP contribution in [0.25, 0.3) is 11.0 Å². The van der Waals surface area contributed by atoms with Crippen LogP contribution in [0.5, 0.6) is 0 Å². The molecule has 0 saturated carbocycles. The number of hydrogen-bond acceptors (Lipinski definition) is 2. The Bertz CT molecular complexity index is 433. The molecule has 0 aliphatic carbocycles. The van der Waals surface area contributed by atoms with Gasteiger partial charge in [0.05, 0.1) is 5.52 Å². The van der Waals surface area contributed by atoms with Gasteiger partial charge in [-0.15, -0.1) is 0 Å². The molecule has 13 heavy (non-hydrogen) atoms. The zero-order valence-electron chi connectivity index (χ0n) is 7.53. The average molecular weight is 196 g/mol. The summed E-state index contributed by atoms with van der Waals surface area (Å²) in [7, 11) is 0. The highest BCUT2D eigenvalue weighted by molar-refractivity contribution is 6.33. The molecule has 2 aromatic rings. The second-order valence-electron chi connectivity index (χ2n) is 3.20. The molecule has 0 aliphatic heterocycles. The summed E-state index contributed by atoms with van der Waals surface area (Å²) in [4.78, 5) is 4.17. The fraction of sp³-hybridized carbons (Fsp3) is 0.333. The lowest BCUT2D eigenvalue weighted by atomic mass is 10.3. The van der Waals surface area contributed by atoms with Crippen LogP contribution in [0.2, 0.25) is 5.15 Å². The van der Waals surface area contributed by atoms with E-state index in [1.54, 1.807) is 6.20 Å². The van der Waals surface area contributed by atoms with Crippen LogP contribution in [-0.4, -0.2) is 14.8 Å². The normalized spacial score (nSPS) is 11.4. The molecule has 0 saturated heterocycles. The third-order valence-corrected chi connectivity index (χ3v) is 2.17. The monoisotopic (exact) mass is 195 g/mol. The van der Waals surface area contributed by atoms with Crippen molar-refractivity contribution in [3.05, 3.63) is 23.5 Å². The number of pyridine rings is 1. The van der Waals surface area contributed by atoms with Crippen LogP contribution < -0.4 is 0 Å². The summed E-state index contributed by atoms with van der Waals surface area (Å²) in [6.45, 7) is 4.13. The van der Waals surface area contributed by atoms with Gasteiger partial charge in [-0.25, -0.2) is 0 Å². The lowest BCUT2D eigenvalue weighted by Gasteiger charge is -2.05. The third-order valence-electron chi connectivity index (χ3n) is 1.91. The summed E-state index contributed by atoms with van der Waals surface area (Å²) in [5, 5.41) is 4.69. The number of aromatic nitrogens is 3. The maximum atomic E-state index is 5.93. The van der Waals surface area contributed by atoms with Crippen LogP contribution >= 0.6 is 11.6 Å². The first-order valence-corrected chi connectivity index (χ1v) is 4.56. The van der Waals surface area contributed by atoms with E-state index in [-0.39, 0.29) is 0 Å². The Morgan fingerprint density at radius 3 is 2.92 bits per heavy atom. The number of rotatable bonds is 1. The van der Waals surface area contributed by atoms with E-state index in [9.17, 15) is 0 Å². The number of halogens is 1. The van der Waals surface area contributed by atoms with E-state index in [4.69, 9.17) is 11.6 Å². The van der Waals surface area contributed by atoms with Gasteiger partial charge in [0.25, 0.3) is 0 Å². The maximum Gasteiger partial charge on any atom is 0.177 e. The quantitative estimate of drug-likeness (QED) is 0.701. The minimum absolute atomic E-state index is 0.305. The van der Waals surface area contributed by atoms with E-state index in [1.807, 2.05) is 16.8 Å². The van der Waals surface area contributed by atoms with Crippen molar-refractivity contribution >= 4 is 22.6 Å². The number of hydrogen-bond donors (Lipinski definition) is 0. The number of fused-ring (bicyclic) bond motifs is 1. The van der Waals surface area contributed by atoms with Gasteiger partial charge in [-0.05, 0) is 26.0 Å². The van der Waals surface area contributed by atoms with Crippen molar-refractivity contribution in [1.29, 1.82) is 0 Å². The molecule has 0 radical (unpaired) electrons. The fourth-order valence-corrected chi connectivity index (χ4v) is 1.56. The minimum atomic E-state index is 0.305. The van der Waals surface area contributed by atoms with Crippen molar-refractivity contribution in [2.75, 3.05) is 0 Å². The van der Waals surface area contributed by atoms with Crippen LogP contribution in [0.1, 0.15) is 19.9 Å². The molecule has 0 N–H and O–H groups in total. The Hall–Kier alpha value is -1.09. The largest absolute Gasteiger partial charge is 0.259 e. The molecule has 0 atom stereocenters. The predicted octanol–water partition coefficient (Wildman–Crippen LogP) is 2.67. The average Bonchev–Trinajstić information content (AvgIpc) is 2.45. The molecule has 3 nitrogen and oxygen atoms in total. The summed E-state index contributed by atoms with van der Waals surface area (Å²) in [5.74, 6) is 0. The molecule has 0 spiro atoms. The summed E-state index contributed by atoms with van der Waals surface area (Å²) in [6.07, 6.45) is 1.72. The van der Waals surface area contributed by atoms with Gasteiger partial charge in [0, 0.05) is 12.2 Å². The molecule has 0 aromatic carbocycles. The zero-order chi connectivity index (χ0) is 9.42.